The Morgan fingerprint density at radius 3 is 2.41 bits per heavy atom. The van der Waals surface area contributed by atoms with Crippen molar-refractivity contribution in [3.05, 3.63) is 65.7 Å². The summed E-state index contributed by atoms with van der Waals surface area (Å²) >= 11 is 0. The van der Waals surface area contributed by atoms with E-state index in [1.54, 1.807) is 0 Å². The fraction of sp³-hybridized carbons (Fsp3) is 0.500. The van der Waals surface area contributed by atoms with Gasteiger partial charge in [-0.05, 0) is 42.0 Å². The largest absolute Gasteiger partial charge is 0.489 e. The Bertz CT molecular complexity index is 805. The van der Waals surface area contributed by atoms with Crippen LogP contribution in [0.4, 0.5) is 0 Å². The molecule has 2 unspecified atom stereocenters. The molecule has 0 aromatic heterocycles. The fourth-order valence-electron chi connectivity index (χ4n) is 3.93. The molecule has 0 aliphatic carbocycles. The summed E-state index contributed by atoms with van der Waals surface area (Å²) in [6, 6.07) is 17.8. The molecule has 0 spiro atoms. The van der Waals surface area contributed by atoms with Crippen molar-refractivity contribution in [2.75, 3.05) is 32.8 Å². The number of morpholine rings is 1. The number of rotatable bonds is 11. The summed E-state index contributed by atoms with van der Waals surface area (Å²) in [5.74, 6) is 1.15. The van der Waals surface area contributed by atoms with Gasteiger partial charge < -0.3 is 20.5 Å². The van der Waals surface area contributed by atoms with Gasteiger partial charge in [-0.3, -0.25) is 9.69 Å². The Balaban J connectivity index is 1.58. The average Bonchev–Trinajstić information content (AvgIpc) is 2.79. The molecule has 0 saturated carbocycles. The molecule has 1 aliphatic heterocycles. The number of carbonyl (C=O) groups is 1. The van der Waals surface area contributed by atoms with E-state index in [1.807, 2.05) is 30.3 Å². The summed E-state index contributed by atoms with van der Waals surface area (Å²) in [6.07, 6.45) is 1.43. The topological polar surface area (TPSA) is 76.8 Å². The van der Waals surface area contributed by atoms with Crippen LogP contribution in [0.5, 0.6) is 5.75 Å². The van der Waals surface area contributed by atoms with Crippen LogP contribution in [0.25, 0.3) is 0 Å². The van der Waals surface area contributed by atoms with E-state index < -0.39 is 6.04 Å². The molecule has 32 heavy (non-hydrogen) atoms. The summed E-state index contributed by atoms with van der Waals surface area (Å²) in [6.45, 7) is 8.74. The lowest BCUT2D eigenvalue weighted by molar-refractivity contribution is -0.123. The first-order valence-electron chi connectivity index (χ1n) is 11.6. The van der Waals surface area contributed by atoms with Crippen LogP contribution in [0.3, 0.4) is 0 Å². The highest BCUT2D eigenvalue weighted by atomic mass is 16.5. The van der Waals surface area contributed by atoms with Crippen LogP contribution >= 0.6 is 0 Å². The molecule has 2 aromatic rings. The number of nitrogens with two attached hydrogens (primary N) is 1. The lowest BCUT2D eigenvalue weighted by atomic mass is 10.0. The molecule has 0 radical (unpaired) electrons. The van der Waals surface area contributed by atoms with E-state index in [4.69, 9.17) is 15.2 Å². The minimum Gasteiger partial charge on any atom is -0.489 e. The van der Waals surface area contributed by atoms with E-state index in [0.29, 0.717) is 18.9 Å². The third-order valence-electron chi connectivity index (χ3n) is 5.64. The van der Waals surface area contributed by atoms with Crippen LogP contribution < -0.4 is 15.8 Å². The maximum atomic E-state index is 12.7. The van der Waals surface area contributed by atoms with Crippen molar-refractivity contribution in [2.45, 2.75) is 45.4 Å². The minimum atomic E-state index is -0.476. The Morgan fingerprint density at radius 1 is 1.06 bits per heavy atom. The Morgan fingerprint density at radius 2 is 1.75 bits per heavy atom. The number of nitrogens with zero attached hydrogens (tertiary/aromatic N) is 1. The van der Waals surface area contributed by atoms with Gasteiger partial charge in [0.05, 0.1) is 19.3 Å². The molecule has 1 aliphatic rings. The second-order valence-corrected chi connectivity index (χ2v) is 8.98. The van der Waals surface area contributed by atoms with Crippen molar-refractivity contribution in [3.63, 3.8) is 0 Å². The normalized spacial score (nSPS) is 16.5. The maximum Gasteiger partial charge on any atom is 0.237 e. The van der Waals surface area contributed by atoms with Gasteiger partial charge in [0, 0.05) is 25.7 Å². The van der Waals surface area contributed by atoms with Gasteiger partial charge in [-0.2, -0.15) is 0 Å². The summed E-state index contributed by atoms with van der Waals surface area (Å²) in [5, 5.41) is 3.20. The van der Waals surface area contributed by atoms with Crippen LogP contribution in [0.15, 0.2) is 54.6 Å². The van der Waals surface area contributed by atoms with Crippen LogP contribution in [0.2, 0.25) is 0 Å². The van der Waals surface area contributed by atoms with Gasteiger partial charge in [-0.15, -0.1) is 0 Å². The first kappa shape index (κ1) is 24.2. The first-order chi connectivity index (χ1) is 15.5. The number of carbonyl (C=O) groups excluding carboxylic acids is 1. The van der Waals surface area contributed by atoms with Crippen molar-refractivity contribution in [1.82, 2.24) is 10.2 Å². The molecule has 6 heteroatoms. The second-order valence-electron chi connectivity index (χ2n) is 8.98. The number of ether oxygens (including phenoxy) is 2. The summed E-state index contributed by atoms with van der Waals surface area (Å²) in [7, 11) is 0. The van der Waals surface area contributed by atoms with Crippen LogP contribution in [0, 0.1) is 5.92 Å². The van der Waals surface area contributed by atoms with E-state index >= 15 is 0 Å². The zero-order valence-corrected chi connectivity index (χ0v) is 19.3. The highest BCUT2D eigenvalue weighted by Gasteiger charge is 2.22. The monoisotopic (exact) mass is 439 g/mol. The molecule has 1 fully saturated rings. The van der Waals surface area contributed by atoms with Gasteiger partial charge >= 0.3 is 0 Å². The van der Waals surface area contributed by atoms with Gasteiger partial charge in [-0.1, -0.05) is 56.3 Å². The van der Waals surface area contributed by atoms with Crippen molar-refractivity contribution in [3.8, 4) is 5.75 Å². The van der Waals surface area contributed by atoms with E-state index in [0.717, 1.165) is 56.1 Å². The molecule has 6 nitrogen and oxygen atoms in total. The number of amides is 1. The smallest absolute Gasteiger partial charge is 0.237 e. The summed E-state index contributed by atoms with van der Waals surface area (Å²) < 4.78 is 11.4. The van der Waals surface area contributed by atoms with Crippen LogP contribution in [-0.4, -0.2) is 55.7 Å². The molecule has 174 valence electrons. The molecule has 1 amide bonds. The Labute approximate surface area is 192 Å². The molecular weight excluding hydrogens is 402 g/mol. The maximum absolute atomic E-state index is 12.7. The van der Waals surface area contributed by atoms with Crippen LogP contribution in [-0.2, 0) is 22.6 Å². The standard InChI is InChI=1S/C26H37N3O3/c1-20(2)16-25(27)26(30)28-23(18-29-12-14-31-15-13-29)17-21-8-10-24(11-9-21)32-19-22-6-4-3-5-7-22/h3-11,20,23,25H,12-19,27H2,1-2H3,(H,28,30). The van der Waals surface area contributed by atoms with E-state index in [2.05, 4.69) is 48.3 Å². The Kier molecular flexibility index (Phi) is 9.53. The molecule has 2 aromatic carbocycles. The van der Waals surface area contributed by atoms with Crippen molar-refractivity contribution in [2.24, 2.45) is 11.7 Å². The molecule has 0 bridgehead atoms. The zero-order chi connectivity index (χ0) is 22.8. The predicted molar refractivity (Wildman–Crippen MR) is 128 cm³/mol. The third-order valence-corrected chi connectivity index (χ3v) is 5.64. The number of benzene rings is 2. The van der Waals surface area contributed by atoms with E-state index in [-0.39, 0.29) is 11.9 Å². The van der Waals surface area contributed by atoms with Gasteiger partial charge in [-0.25, -0.2) is 0 Å². The summed E-state index contributed by atoms with van der Waals surface area (Å²) in [4.78, 5) is 15.0. The third kappa shape index (κ3) is 8.26. The molecule has 1 heterocycles. The van der Waals surface area contributed by atoms with Crippen molar-refractivity contribution < 1.29 is 14.3 Å². The van der Waals surface area contributed by atoms with Gasteiger partial charge in [0.1, 0.15) is 12.4 Å². The summed E-state index contributed by atoms with van der Waals surface area (Å²) in [5.41, 5.74) is 8.43. The van der Waals surface area contributed by atoms with Gasteiger partial charge in [0.15, 0.2) is 0 Å². The molecule has 3 N–H and O–H groups in total. The minimum absolute atomic E-state index is 0.00472. The fourth-order valence-corrected chi connectivity index (χ4v) is 3.93. The quantitative estimate of drug-likeness (QED) is 0.563. The average molecular weight is 440 g/mol. The lowest BCUT2D eigenvalue weighted by Crippen LogP contribution is -2.52. The Hall–Kier alpha value is -2.41. The highest BCUT2D eigenvalue weighted by molar-refractivity contribution is 5.81. The molecule has 3 rings (SSSR count). The second kappa shape index (κ2) is 12.6. The number of hydrogen-bond donors (Lipinski definition) is 2. The molecule has 2 atom stereocenters. The zero-order valence-electron chi connectivity index (χ0n) is 19.3. The highest BCUT2D eigenvalue weighted by Crippen LogP contribution is 2.16. The molecule has 1 saturated heterocycles. The predicted octanol–water partition coefficient (Wildman–Crippen LogP) is 3.00. The van der Waals surface area contributed by atoms with Crippen molar-refractivity contribution >= 4 is 5.91 Å². The van der Waals surface area contributed by atoms with Crippen LogP contribution in [0.1, 0.15) is 31.4 Å². The van der Waals surface area contributed by atoms with Gasteiger partial charge in [0.2, 0.25) is 5.91 Å². The van der Waals surface area contributed by atoms with E-state index in [1.165, 1.54) is 0 Å². The van der Waals surface area contributed by atoms with Crippen molar-refractivity contribution in [1.29, 1.82) is 0 Å². The number of hydrogen-bond acceptors (Lipinski definition) is 5. The van der Waals surface area contributed by atoms with Gasteiger partial charge in [0.25, 0.3) is 0 Å². The number of nitrogens with one attached hydrogen (secondary N) is 1. The first-order valence-corrected chi connectivity index (χ1v) is 11.6. The lowest BCUT2D eigenvalue weighted by Gasteiger charge is -2.31. The van der Waals surface area contributed by atoms with E-state index in [9.17, 15) is 4.79 Å². The SMILES string of the molecule is CC(C)CC(N)C(=O)NC(Cc1ccc(OCc2ccccc2)cc1)CN1CCOCC1. The molecular formula is C26H37N3O3.